The minimum Gasteiger partial charge on any atom is -0.345 e. The van der Waals surface area contributed by atoms with Crippen LogP contribution in [0.1, 0.15) is 25.3 Å². The van der Waals surface area contributed by atoms with Crippen molar-refractivity contribution >= 4 is 29.1 Å². The summed E-state index contributed by atoms with van der Waals surface area (Å²) < 4.78 is 0. The number of rotatable bonds is 5. The van der Waals surface area contributed by atoms with E-state index in [4.69, 9.17) is 23.2 Å². The Bertz CT molecular complexity index is 393. The summed E-state index contributed by atoms with van der Waals surface area (Å²) in [5.74, 6) is 0.108. The summed E-state index contributed by atoms with van der Waals surface area (Å²) in [5, 5.41) is 1.01. The van der Waals surface area contributed by atoms with Gasteiger partial charge in [0.15, 0.2) is 0 Å². The van der Waals surface area contributed by atoms with Crippen molar-refractivity contribution < 1.29 is 4.79 Å². The quantitative estimate of drug-likeness (QED) is 0.799. The highest BCUT2D eigenvalue weighted by molar-refractivity contribution is 6.42. The molecule has 0 unspecified atom stereocenters. The van der Waals surface area contributed by atoms with E-state index in [1.165, 1.54) is 0 Å². The van der Waals surface area contributed by atoms with Crippen molar-refractivity contribution in [2.24, 2.45) is 0 Å². The number of carbonyl (C=O) groups excluding carboxylic acids is 1. The normalized spacial score (nSPS) is 10.4. The second-order valence-corrected chi connectivity index (χ2v) is 4.91. The molecule has 1 aromatic carbocycles. The molecule has 0 radical (unpaired) electrons. The molecule has 17 heavy (non-hydrogen) atoms. The zero-order chi connectivity index (χ0) is 12.8. The number of carbonyl (C=O) groups is 1. The third kappa shape index (κ3) is 4.57. The van der Waals surface area contributed by atoms with Gasteiger partial charge in [-0.15, -0.1) is 0 Å². The van der Waals surface area contributed by atoms with E-state index in [2.05, 4.69) is 6.92 Å². The van der Waals surface area contributed by atoms with Crippen molar-refractivity contribution in [3.05, 3.63) is 33.8 Å². The van der Waals surface area contributed by atoms with E-state index < -0.39 is 0 Å². The van der Waals surface area contributed by atoms with E-state index in [0.717, 1.165) is 24.9 Å². The van der Waals surface area contributed by atoms with E-state index >= 15 is 0 Å². The van der Waals surface area contributed by atoms with Gasteiger partial charge in [0.2, 0.25) is 5.91 Å². The lowest BCUT2D eigenvalue weighted by Gasteiger charge is -2.16. The lowest BCUT2D eigenvalue weighted by molar-refractivity contribution is -0.129. The largest absolute Gasteiger partial charge is 0.345 e. The molecule has 0 spiro atoms. The average Bonchev–Trinajstić information content (AvgIpc) is 2.30. The zero-order valence-electron chi connectivity index (χ0n) is 10.2. The predicted octanol–water partition coefficient (Wildman–Crippen LogP) is 3.79. The van der Waals surface area contributed by atoms with Crippen molar-refractivity contribution in [1.29, 1.82) is 0 Å². The van der Waals surface area contributed by atoms with Crippen LogP contribution in [0.3, 0.4) is 0 Å². The standard InChI is InChI=1S/C13H17Cl2NO/c1-3-4-7-16(2)13(17)9-10-5-6-11(14)12(15)8-10/h5-6,8H,3-4,7,9H2,1-2H3. The van der Waals surface area contributed by atoms with Gasteiger partial charge in [0.25, 0.3) is 0 Å². The van der Waals surface area contributed by atoms with Crippen LogP contribution in [0.2, 0.25) is 10.0 Å². The lowest BCUT2D eigenvalue weighted by Crippen LogP contribution is -2.29. The maximum absolute atomic E-state index is 11.9. The molecule has 0 aliphatic rings. The SMILES string of the molecule is CCCCN(C)C(=O)Cc1ccc(Cl)c(Cl)c1. The van der Waals surface area contributed by atoms with E-state index in [-0.39, 0.29) is 5.91 Å². The summed E-state index contributed by atoms with van der Waals surface area (Å²) >= 11 is 11.7. The molecule has 0 saturated heterocycles. The molecule has 1 rings (SSSR count). The topological polar surface area (TPSA) is 20.3 Å². The Morgan fingerprint density at radius 2 is 2.00 bits per heavy atom. The molecular weight excluding hydrogens is 257 g/mol. The van der Waals surface area contributed by atoms with Crippen molar-refractivity contribution in [3.8, 4) is 0 Å². The number of benzene rings is 1. The summed E-state index contributed by atoms with van der Waals surface area (Å²) in [6.07, 6.45) is 2.49. The minimum atomic E-state index is 0.108. The van der Waals surface area contributed by atoms with Crippen LogP contribution in [-0.2, 0) is 11.2 Å². The Hall–Kier alpha value is -0.730. The van der Waals surface area contributed by atoms with Gasteiger partial charge in [0.1, 0.15) is 0 Å². The molecule has 0 aliphatic carbocycles. The van der Waals surface area contributed by atoms with Crippen LogP contribution in [-0.4, -0.2) is 24.4 Å². The summed E-state index contributed by atoms with van der Waals surface area (Å²) in [7, 11) is 1.83. The number of nitrogens with zero attached hydrogens (tertiary/aromatic N) is 1. The first kappa shape index (κ1) is 14.3. The fourth-order valence-corrected chi connectivity index (χ4v) is 1.80. The molecule has 0 heterocycles. The third-order valence-corrected chi connectivity index (χ3v) is 3.35. The van der Waals surface area contributed by atoms with Crippen molar-refractivity contribution in [1.82, 2.24) is 4.90 Å². The molecule has 0 fully saturated rings. The second-order valence-electron chi connectivity index (χ2n) is 4.09. The molecule has 0 saturated carbocycles. The fourth-order valence-electron chi connectivity index (χ4n) is 1.48. The number of amides is 1. The van der Waals surface area contributed by atoms with Gasteiger partial charge in [-0.25, -0.2) is 0 Å². The first-order valence-corrected chi connectivity index (χ1v) is 6.48. The molecule has 4 heteroatoms. The monoisotopic (exact) mass is 273 g/mol. The third-order valence-electron chi connectivity index (χ3n) is 2.61. The van der Waals surface area contributed by atoms with E-state index in [1.54, 1.807) is 17.0 Å². The summed E-state index contributed by atoms with van der Waals surface area (Å²) in [6.45, 7) is 2.91. The van der Waals surface area contributed by atoms with Crippen LogP contribution in [0.4, 0.5) is 0 Å². The fraction of sp³-hybridized carbons (Fsp3) is 0.462. The summed E-state index contributed by atoms with van der Waals surface area (Å²) in [5.41, 5.74) is 0.896. The highest BCUT2D eigenvalue weighted by Gasteiger charge is 2.10. The van der Waals surface area contributed by atoms with Gasteiger partial charge in [0, 0.05) is 13.6 Å². The first-order valence-electron chi connectivity index (χ1n) is 5.72. The van der Waals surface area contributed by atoms with Crippen LogP contribution in [0.5, 0.6) is 0 Å². The smallest absolute Gasteiger partial charge is 0.226 e. The average molecular weight is 274 g/mol. The van der Waals surface area contributed by atoms with Gasteiger partial charge in [-0.1, -0.05) is 42.6 Å². The number of hydrogen-bond acceptors (Lipinski definition) is 1. The van der Waals surface area contributed by atoms with Crippen LogP contribution in [0, 0.1) is 0 Å². The molecule has 2 nitrogen and oxygen atoms in total. The van der Waals surface area contributed by atoms with Gasteiger partial charge in [-0.3, -0.25) is 4.79 Å². The molecule has 94 valence electrons. The second kappa shape index (κ2) is 6.87. The van der Waals surface area contributed by atoms with Gasteiger partial charge in [0.05, 0.1) is 16.5 Å². The predicted molar refractivity (Wildman–Crippen MR) is 72.7 cm³/mol. The first-order chi connectivity index (χ1) is 8.04. The van der Waals surface area contributed by atoms with Gasteiger partial charge < -0.3 is 4.90 Å². The minimum absolute atomic E-state index is 0.108. The Balaban J connectivity index is 2.58. The van der Waals surface area contributed by atoms with E-state index in [0.29, 0.717) is 16.5 Å². The molecule has 0 aliphatic heterocycles. The molecule has 0 bridgehead atoms. The molecule has 1 amide bonds. The van der Waals surface area contributed by atoms with Crippen LogP contribution < -0.4 is 0 Å². The van der Waals surface area contributed by atoms with Crippen molar-refractivity contribution in [3.63, 3.8) is 0 Å². The number of unbranched alkanes of at least 4 members (excludes halogenated alkanes) is 1. The van der Waals surface area contributed by atoms with Gasteiger partial charge in [-0.05, 0) is 24.1 Å². The van der Waals surface area contributed by atoms with Gasteiger partial charge >= 0.3 is 0 Å². The number of likely N-dealkylation sites (N-methyl/N-ethyl adjacent to an activating group) is 1. The summed E-state index contributed by atoms with van der Waals surface area (Å²) in [4.78, 5) is 13.6. The summed E-state index contributed by atoms with van der Waals surface area (Å²) in [6, 6.07) is 5.30. The highest BCUT2D eigenvalue weighted by Crippen LogP contribution is 2.22. The Labute approximate surface area is 113 Å². The maximum atomic E-state index is 11.9. The number of hydrogen-bond donors (Lipinski definition) is 0. The lowest BCUT2D eigenvalue weighted by atomic mass is 10.1. The van der Waals surface area contributed by atoms with Crippen LogP contribution in [0.25, 0.3) is 0 Å². The zero-order valence-corrected chi connectivity index (χ0v) is 11.7. The van der Waals surface area contributed by atoms with E-state index in [1.807, 2.05) is 13.1 Å². The molecule has 0 atom stereocenters. The van der Waals surface area contributed by atoms with E-state index in [9.17, 15) is 4.79 Å². The molecular formula is C13H17Cl2NO. The molecule has 1 aromatic rings. The van der Waals surface area contributed by atoms with Crippen LogP contribution >= 0.6 is 23.2 Å². The maximum Gasteiger partial charge on any atom is 0.226 e. The van der Waals surface area contributed by atoms with Crippen molar-refractivity contribution in [2.75, 3.05) is 13.6 Å². The van der Waals surface area contributed by atoms with Crippen LogP contribution in [0.15, 0.2) is 18.2 Å². The highest BCUT2D eigenvalue weighted by atomic mass is 35.5. The Morgan fingerprint density at radius 1 is 1.29 bits per heavy atom. The Kier molecular flexibility index (Phi) is 5.79. The molecule has 0 aromatic heterocycles. The number of halogens is 2. The Morgan fingerprint density at radius 3 is 2.59 bits per heavy atom. The molecule has 0 N–H and O–H groups in total. The van der Waals surface area contributed by atoms with Gasteiger partial charge in [-0.2, -0.15) is 0 Å². The van der Waals surface area contributed by atoms with Crippen molar-refractivity contribution in [2.45, 2.75) is 26.2 Å².